The van der Waals surface area contributed by atoms with Gasteiger partial charge in [0.2, 0.25) is 10.0 Å². The van der Waals surface area contributed by atoms with Crippen LogP contribution in [-0.2, 0) is 10.0 Å². The van der Waals surface area contributed by atoms with E-state index in [2.05, 4.69) is 32.5 Å². The zero-order valence-electron chi connectivity index (χ0n) is 12.3. The van der Waals surface area contributed by atoms with E-state index in [1.54, 1.807) is 18.2 Å². The topological polar surface area (TPSA) is 49.4 Å². The third-order valence-corrected chi connectivity index (χ3v) is 5.63. The molecule has 20 heavy (non-hydrogen) atoms. The van der Waals surface area contributed by atoms with E-state index in [-0.39, 0.29) is 4.90 Å². The molecule has 1 aliphatic heterocycles. The Morgan fingerprint density at radius 2 is 1.90 bits per heavy atom. The molecule has 1 N–H and O–H groups in total. The van der Waals surface area contributed by atoms with E-state index in [1.165, 1.54) is 39.5 Å². The number of likely N-dealkylation sites (tertiary alicyclic amines) is 1. The summed E-state index contributed by atoms with van der Waals surface area (Å²) in [5.74, 6) is 0. The van der Waals surface area contributed by atoms with Crippen LogP contribution in [0.15, 0.2) is 27.6 Å². The third kappa shape index (κ3) is 5.16. The monoisotopic (exact) mass is 362 g/mol. The lowest BCUT2D eigenvalue weighted by molar-refractivity contribution is 0.359. The number of sulfonamides is 1. The van der Waals surface area contributed by atoms with E-state index in [1.807, 2.05) is 6.92 Å². The molecule has 1 fully saturated rings. The molecule has 6 heteroatoms. The summed E-state index contributed by atoms with van der Waals surface area (Å²) in [6, 6.07) is 4.92. The largest absolute Gasteiger partial charge is 0.304 e. The minimum absolute atomic E-state index is 0.271. The summed E-state index contributed by atoms with van der Waals surface area (Å²) in [4.78, 5) is 2.76. The Kier molecular flexibility index (Phi) is 7.15. The summed E-state index contributed by atoms with van der Waals surface area (Å²) < 4.78 is 25.7. The minimum Gasteiger partial charge on any atom is -0.304 e. The van der Waals surface area contributed by atoms with E-state index in [9.17, 15) is 8.42 Å². The molecule has 1 heterocycles. The first-order valence-electron chi connectivity index (χ1n) is 6.82. The lowest BCUT2D eigenvalue weighted by atomic mass is 10.2. The number of benzene rings is 1. The molecule has 0 radical (unpaired) electrons. The molecule has 0 amide bonds. The molecule has 4 nitrogen and oxygen atoms in total. The van der Waals surface area contributed by atoms with Gasteiger partial charge in [-0.25, -0.2) is 13.1 Å². The number of nitrogens with zero attached hydrogens (tertiary/aromatic N) is 1. The Hall–Kier alpha value is -0.430. The molecule has 1 saturated heterocycles. The number of aryl methyl sites for hydroxylation is 1. The fourth-order valence-corrected chi connectivity index (χ4v) is 3.24. The predicted molar refractivity (Wildman–Crippen MR) is 86.5 cm³/mol. The normalized spacial score (nSPS) is 15.8. The number of rotatable bonds is 3. The second kappa shape index (κ2) is 8.12. The summed E-state index contributed by atoms with van der Waals surface area (Å²) in [6.45, 7) is 8.07. The van der Waals surface area contributed by atoms with Crippen LogP contribution in [0.5, 0.6) is 0 Å². The Morgan fingerprint density at radius 1 is 1.30 bits per heavy atom. The molecule has 114 valence electrons. The third-order valence-electron chi connectivity index (χ3n) is 3.37. The molecule has 0 atom stereocenters. The average Bonchev–Trinajstić information content (AvgIpc) is 2.95. The summed E-state index contributed by atoms with van der Waals surface area (Å²) in [5.41, 5.74) is 1.01. The molecule has 0 aromatic heterocycles. The molecule has 0 spiro atoms. The zero-order valence-corrected chi connectivity index (χ0v) is 14.7. The molecule has 0 unspecified atom stereocenters. The fourth-order valence-electron chi connectivity index (χ4n) is 1.96. The number of hydrogen-bond acceptors (Lipinski definition) is 3. The molecule has 1 aromatic carbocycles. The quantitative estimate of drug-likeness (QED) is 0.899. The van der Waals surface area contributed by atoms with Gasteiger partial charge in [-0.05, 0) is 64.1 Å². The molecular formula is C14H23BrN2O2S. The van der Waals surface area contributed by atoms with Crippen molar-refractivity contribution in [2.45, 2.75) is 31.6 Å². The molecule has 0 bridgehead atoms. The van der Waals surface area contributed by atoms with Crippen molar-refractivity contribution >= 4 is 26.0 Å². The number of halogens is 1. The van der Waals surface area contributed by atoms with Gasteiger partial charge in [-0.2, -0.15) is 0 Å². The van der Waals surface area contributed by atoms with Crippen LogP contribution in [0.25, 0.3) is 0 Å². The first-order chi connectivity index (χ1) is 9.40. The van der Waals surface area contributed by atoms with Gasteiger partial charge in [0.25, 0.3) is 0 Å². The van der Waals surface area contributed by atoms with Gasteiger partial charge in [0.15, 0.2) is 0 Å². The predicted octanol–water partition coefficient (Wildman–Crippen LogP) is 2.77. The second-order valence-corrected chi connectivity index (χ2v) is 7.50. The number of nitrogens with one attached hydrogen (secondary N) is 1. The van der Waals surface area contributed by atoms with E-state index < -0.39 is 10.0 Å². The summed E-state index contributed by atoms with van der Waals surface area (Å²) in [7, 11) is -1.93. The molecule has 0 aliphatic carbocycles. The van der Waals surface area contributed by atoms with Gasteiger partial charge in [-0.15, -0.1) is 0 Å². The first kappa shape index (κ1) is 17.6. The molecular weight excluding hydrogens is 340 g/mol. The molecule has 1 aromatic rings. The Balaban J connectivity index is 0.000000240. The maximum atomic E-state index is 11.3. The van der Waals surface area contributed by atoms with Crippen LogP contribution < -0.4 is 4.72 Å². The van der Waals surface area contributed by atoms with Gasteiger partial charge < -0.3 is 4.90 Å². The van der Waals surface area contributed by atoms with Crippen molar-refractivity contribution in [3.05, 3.63) is 28.2 Å². The summed E-state index contributed by atoms with van der Waals surface area (Å²) in [6.07, 6.45) is 2.85. The maximum absolute atomic E-state index is 11.3. The molecule has 1 aliphatic rings. The van der Waals surface area contributed by atoms with E-state index >= 15 is 0 Å². The SMILES string of the molecule is CCN1CCCC1.CNS(=O)(=O)c1ccc(C)c(Br)c1. The van der Waals surface area contributed by atoms with Gasteiger partial charge in [-0.1, -0.05) is 28.9 Å². The first-order valence-corrected chi connectivity index (χ1v) is 9.10. The van der Waals surface area contributed by atoms with Crippen molar-refractivity contribution in [1.82, 2.24) is 9.62 Å². The standard InChI is InChI=1S/C8H10BrNO2S.C6H13N/c1-6-3-4-7(5-8(6)9)13(11,12)10-2;1-2-7-5-3-4-6-7/h3-5,10H,1-2H3;2-6H2,1H3. The van der Waals surface area contributed by atoms with Gasteiger partial charge in [-0.3, -0.25) is 0 Å². The van der Waals surface area contributed by atoms with Crippen LogP contribution >= 0.6 is 15.9 Å². The number of hydrogen-bond donors (Lipinski definition) is 1. The average molecular weight is 363 g/mol. The lowest BCUT2D eigenvalue weighted by Crippen LogP contribution is -2.18. The Morgan fingerprint density at radius 3 is 2.30 bits per heavy atom. The summed E-state index contributed by atoms with van der Waals surface area (Å²) in [5, 5.41) is 0. The maximum Gasteiger partial charge on any atom is 0.240 e. The summed E-state index contributed by atoms with van der Waals surface area (Å²) >= 11 is 3.28. The lowest BCUT2D eigenvalue weighted by Gasteiger charge is -2.08. The zero-order chi connectivity index (χ0) is 15.2. The fraction of sp³-hybridized carbons (Fsp3) is 0.571. The molecule has 0 saturated carbocycles. The highest BCUT2D eigenvalue weighted by atomic mass is 79.9. The highest BCUT2D eigenvalue weighted by Crippen LogP contribution is 2.20. The van der Waals surface area contributed by atoms with Crippen molar-refractivity contribution in [1.29, 1.82) is 0 Å². The Labute approximate surface area is 130 Å². The highest BCUT2D eigenvalue weighted by Gasteiger charge is 2.11. The van der Waals surface area contributed by atoms with Crippen LogP contribution in [0, 0.1) is 6.92 Å². The van der Waals surface area contributed by atoms with Crippen molar-refractivity contribution in [3.63, 3.8) is 0 Å². The second-order valence-electron chi connectivity index (χ2n) is 4.76. The van der Waals surface area contributed by atoms with Gasteiger partial charge in [0, 0.05) is 4.47 Å². The smallest absolute Gasteiger partial charge is 0.240 e. The van der Waals surface area contributed by atoms with Crippen molar-refractivity contribution in [3.8, 4) is 0 Å². The molecule has 2 rings (SSSR count). The van der Waals surface area contributed by atoms with Gasteiger partial charge in [0.1, 0.15) is 0 Å². The van der Waals surface area contributed by atoms with Crippen LogP contribution in [0.2, 0.25) is 0 Å². The van der Waals surface area contributed by atoms with Gasteiger partial charge >= 0.3 is 0 Å². The van der Waals surface area contributed by atoms with Crippen LogP contribution in [0.4, 0.5) is 0 Å². The van der Waals surface area contributed by atoms with Crippen LogP contribution in [-0.4, -0.2) is 40.0 Å². The van der Waals surface area contributed by atoms with Crippen LogP contribution in [0.1, 0.15) is 25.3 Å². The van der Waals surface area contributed by atoms with E-state index in [0.29, 0.717) is 0 Å². The minimum atomic E-state index is -3.32. The Bertz CT molecular complexity index is 526. The highest BCUT2D eigenvalue weighted by molar-refractivity contribution is 9.10. The van der Waals surface area contributed by atoms with Crippen molar-refractivity contribution in [2.75, 3.05) is 26.7 Å². The van der Waals surface area contributed by atoms with Gasteiger partial charge in [0.05, 0.1) is 4.90 Å². The van der Waals surface area contributed by atoms with Crippen molar-refractivity contribution in [2.24, 2.45) is 0 Å². The van der Waals surface area contributed by atoms with Crippen LogP contribution in [0.3, 0.4) is 0 Å². The van der Waals surface area contributed by atoms with E-state index in [4.69, 9.17) is 0 Å². The van der Waals surface area contributed by atoms with Crippen molar-refractivity contribution < 1.29 is 8.42 Å². The van der Waals surface area contributed by atoms with E-state index in [0.717, 1.165) is 10.0 Å².